The lowest BCUT2D eigenvalue weighted by atomic mass is 10.1. The summed E-state index contributed by atoms with van der Waals surface area (Å²) in [4.78, 5) is 24.4. The van der Waals surface area contributed by atoms with Crippen LogP contribution >= 0.6 is 0 Å². The number of fused-ring (bicyclic) bond motifs is 1. The largest absolute Gasteiger partial charge is 0.497 e. The maximum absolute atomic E-state index is 12.7. The summed E-state index contributed by atoms with van der Waals surface area (Å²) >= 11 is 0. The van der Waals surface area contributed by atoms with Gasteiger partial charge in [0.1, 0.15) is 5.75 Å². The molecule has 1 aliphatic heterocycles. The van der Waals surface area contributed by atoms with Crippen LogP contribution in [0, 0.1) is 0 Å². The van der Waals surface area contributed by atoms with Gasteiger partial charge >= 0.3 is 5.97 Å². The van der Waals surface area contributed by atoms with Crippen LogP contribution < -0.4 is 19.5 Å². The van der Waals surface area contributed by atoms with Crippen molar-refractivity contribution in [1.29, 1.82) is 0 Å². The summed E-state index contributed by atoms with van der Waals surface area (Å²) in [6.45, 7) is 0.102. The molecule has 0 saturated heterocycles. The number of ether oxygens (including phenoxy) is 3. The first kappa shape index (κ1) is 20.0. The van der Waals surface area contributed by atoms with E-state index >= 15 is 0 Å². The minimum absolute atomic E-state index is 0.00683. The highest BCUT2D eigenvalue weighted by molar-refractivity contribution is 6.08. The second kappa shape index (κ2) is 8.62. The lowest BCUT2D eigenvalue weighted by molar-refractivity contribution is 0.0698. The molecule has 0 aliphatic carbocycles. The van der Waals surface area contributed by atoms with E-state index in [0.29, 0.717) is 17.1 Å². The number of benzene rings is 3. The predicted molar refractivity (Wildman–Crippen MR) is 116 cm³/mol. The molecule has 2 N–H and O–H groups in total. The Balaban J connectivity index is 1.59. The predicted octanol–water partition coefficient (Wildman–Crippen LogP) is 4.54. The minimum Gasteiger partial charge on any atom is -0.497 e. The zero-order valence-corrected chi connectivity index (χ0v) is 16.6. The fraction of sp³-hybridized carbons (Fsp3) is 0.0833. The van der Waals surface area contributed by atoms with Gasteiger partial charge in [-0.25, -0.2) is 4.79 Å². The molecule has 1 amide bonds. The molecule has 7 nitrogen and oxygen atoms in total. The van der Waals surface area contributed by atoms with E-state index in [9.17, 15) is 14.7 Å². The van der Waals surface area contributed by atoms with E-state index in [1.165, 1.54) is 6.07 Å². The zero-order valence-electron chi connectivity index (χ0n) is 16.6. The number of nitrogens with one attached hydrogen (secondary N) is 1. The quantitative estimate of drug-likeness (QED) is 0.572. The Morgan fingerprint density at radius 3 is 2.52 bits per heavy atom. The van der Waals surface area contributed by atoms with Gasteiger partial charge in [-0.05, 0) is 53.6 Å². The van der Waals surface area contributed by atoms with Crippen LogP contribution in [-0.4, -0.2) is 30.9 Å². The Bertz CT molecular complexity index is 1180. The highest BCUT2D eigenvalue weighted by Crippen LogP contribution is 2.33. The summed E-state index contributed by atoms with van der Waals surface area (Å²) in [6.07, 6.45) is 3.71. The van der Waals surface area contributed by atoms with Gasteiger partial charge in [-0.15, -0.1) is 0 Å². The van der Waals surface area contributed by atoms with Crippen molar-refractivity contribution >= 4 is 29.7 Å². The second-order valence-corrected chi connectivity index (χ2v) is 6.74. The van der Waals surface area contributed by atoms with Crippen molar-refractivity contribution in [3.63, 3.8) is 0 Å². The molecule has 4 rings (SSSR count). The fourth-order valence-electron chi connectivity index (χ4n) is 3.13. The highest BCUT2D eigenvalue weighted by atomic mass is 16.7. The molecule has 0 atom stereocenters. The molecular weight excluding hydrogens is 398 g/mol. The van der Waals surface area contributed by atoms with Crippen LogP contribution in [0.3, 0.4) is 0 Å². The normalized spacial score (nSPS) is 12.0. The van der Waals surface area contributed by atoms with Crippen LogP contribution in [0.4, 0.5) is 5.69 Å². The van der Waals surface area contributed by atoms with Gasteiger partial charge in [-0.2, -0.15) is 0 Å². The molecule has 0 saturated carbocycles. The molecular formula is C24H19NO6. The van der Waals surface area contributed by atoms with Gasteiger partial charge in [0.15, 0.2) is 11.5 Å². The van der Waals surface area contributed by atoms with Crippen molar-refractivity contribution in [1.82, 2.24) is 0 Å². The number of carbonyl (C=O) groups excluding carboxylic acids is 1. The molecule has 0 unspecified atom stereocenters. The average Bonchev–Trinajstić information content (AvgIpc) is 3.25. The van der Waals surface area contributed by atoms with Gasteiger partial charge in [0.05, 0.1) is 18.4 Å². The van der Waals surface area contributed by atoms with E-state index in [1.807, 2.05) is 36.4 Å². The number of hydrogen-bond donors (Lipinski definition) is 2. The smallest absolute Gasteiger partial charge is 0.337 e. The fourth-order valence-corrected chi connectivity index (χ4v) is 3.13. The molecule has 1 aliphatic rings. The third-order valence-corrected chi connectivity index (χ3v) is 4.72. The summed E-state index contributed by atoms with van der Waals surface area (Å²) < 4.78 is 15.8. The number of carboxylic acids is 1. The first-order valence-electron chi connectivity index (χ1n) is 9.44. The van der Waals surface area contributed by atoms with E-state index in [1.54, 1.807) is 37.4 Å². The van der Waals surface area contributed by atoms with Crippen LogP contribution in [0.15, 0.2) is 60.7 Å². The number of carboxylic acid groups (broad SMARTS) is 1. The number of aromatic carboxylic acids is 1. The topological polar surface area (TPSA) is 94.1 Å². The lowest BCUT2D eigenvalue weighted by Gasteiger charge is -2.10. The standard InChI is InChI=1S/C24H19NO6/c1-29-18-4-2-3-15(11-18)5-6-16-7-9-19(24(27)28)20(12-16)25-23(26)17-8-10-21-22(13-17)31-14-30-21/h2-13H,14H2,1H3,(H,25,26)(H,27,28)/b6-5+. The van der Waals surface area contributed by atoms with Gasteiger partial charge in [0.25, 0.3) is 5.91 Å². The number of anilines is 1. The zero-order chi connectivity index (χ0) is 21.8. The number of hydrogen-bond acceptors (Lipinski definition) is 5. The molecule has 0 radical (unpaired) electrons. The monoisotopic (exact) mass is 417 g/mol. The van der Waals surface area contributed by atoms with Gasteiger partial charge in [-0.1, -0.05) is 30.4 Å². The molecule has 3 aromatic carbocycles. The number of rotatable bonds is 6. The van der Waals surface area contributed by atoms with Crippen molar-refractivity contribution in [2.24, 2.45) is 0 Å². The summed E-state index contributed by atoms with van der Waals surface area (Å²) in [6, 6.07) is 17.1. The first-order valence-corrected chi connectivity index (χ1v) is 9.44. The van der Waals surface area contributed by atoms with Crippen molar-refractivity contribution < 1.29 is 28.9 Å². The third-order valence-electron chi connectivity index (χ3n) is 4.72. The summed E-state index contributed by atoms with van der Waals surface area (Å²) in [5.74, 6) is 0.188. The van der Waals surface area contributed by atoms with Crippen LogP contribution in [-0.2, 0) is 0 Å². The van der Waals surface area contributed by atoms with Gasteiger partial charge in [-0.3, -0.25) is 4.79 Å². The number of carbonyl (C=O) groups is 2. The Labute approximate surface area is 178 Å². The maximum Gasteiger partial charge on any atom is 0.337 e. The van der Waals surface area contributed by atoms with Crippen LogP contribution in [0.5, 0.6) is 17.2 Å². The SMILES string of the molecule is COc1cccc(/C=C/c2ccc(C(=O)O)c(NC(=O)c3ccc4c(c3)OCO4)c2)c1. The van der Waals surface area contributed by atoms with Crippen LogP contribution in [0.2, 0.25) is 0 Å². The highest BCUT2D eigenvalue weighted by Gasteiger charge is 2.18. The molecule has 1 heterocycles. The van der Waals surface area contributed by atoms with Crippen molar-refractivity contribution in [3.05, 3.63) is 82.9 Å². The Morgan fingerprint density at radius 2 is 1.74 bits per heavy atom. The average molecular weight is 417 g/mol. The molecule has 0 spiro atoms. The van der Waals surface area contributed by atoms with E-state index in [-0.39, 0.29) is 18.0 Å². The number of amides is 1. The lowest BCUT2D eigenvalue weighted by Crippen LogP contribution is -2.15. The Kier molecular flexibility index (Phi) is 5.57. The molecule has 0 bridgehead atoms. The molecule has 0 aromatic heterocycles. The third kappa shape index (κ3) is 4.51. The van der Waals surface area contributed by atoms with Crippen molar-refractivity contribution in [2.45, 2.75) is 0 Å². The maximum atomic E-state index is 12.7. The first-order chi connectivity index (χ1) is 15.0. The van der Waals surface area contributed by atoms with Gasteiger partial charge in [0.2, 0.25) is 6.79 Å². The minimum atomic E-state index is -1.13. The van der Waals surface area contributed by atoms with E-state index in [4.69, 9.17) is 14.2 Å². The molecule has 3 aromatic rings. The van der Waals surface area contributed by atoms with Crippen molar-refractivity contribution in [3.8, 4) is 17.2 Å². The molecule has 7 heteroatoms. The summed E-state index contributed by atoms with van der Waals surface area (Å²) in [5, 5.41) is 12.2. The molecule has 0 fully saturated rings. The Morgan fingerprint density at radius 1 is 0.968 bits per heavy atom. The Hall–Kier alpha value is -4.26. The van der Waals surface area contributed by atoms with E-state index < -0.39 is 11.9 Å². The van der Waals surface area contributed by atoms with Crippen LogP contribution in [0.1, 0.15) is 31.8 Å². The van der Waals surface area contributed by atoms with E-state index in [2.05, 4.69) is 5.32 Å². The van der Waals surface area contributed by atoms with Crippen molar-refractivity contribution in [2.75, 3.05) is 19.2 Å². The van der Waals surface area contributed by atoms with Gasteiger partial charge in [0, 0.05) is 5.56 Å². The summed E-state index contributed by atoms with van der Waals surface area (Å²) in [7, 11) is 1.60. The number of methoxy groups -OCH3 is 1. The molecule has 31 heavy (non-hydrogen) atoms. The van der Waals surface area contributed by atoms with E-state index in [0.717, 1.165) is 16.9 Å². The summed E-state index contributed by atoms with van der Waals surface area (Å²) in [5.41, 5.74) is 2.18. The molecule has 156 valence electrons. The second-order valence-electron chi connectivity index (χ2n) is 6.74. The van der Waals surface area contributed by atoms with Crippen LogP contribution in [0.25, 0.3) is 12.2 Å². The van der Waals surface area contributed by atoms with Gasteiger partial charge < -0.3 is 24.6 Å².